The highest BCUT2D eigenvalue weighted by atomic mass is 19.2. The molecule has 0 N–H and O–H groups in total. The first kappa shape index (κ1) is 24.8. The van der Waals surface area contributed by atoms with Crippen molar-refractivity contribution in [2.24, 2.45) is 0 Å². The summed E-state index contributed by atoms with van der Waals surface area (Å²) < 4.78 is 134. The Kier molecular flexibility index (Phi) is 6.02. The quantitative estimate of drug-likeness (QED) is 0.242. The lowest BCUT2D eigenvalue weighted by molar-refractivity contribution is 0.0890. The van der Waals surface area contributed by atoms with Gasteiger partial charge in [0.15, 0.2) is 17.4 Å². The van der Waals surface area contributed by atoms with Gasteiger partial charge in [-0.05, 0) is 6.92 Å². The van der Waals surface area contributed by atoms with E-state index in [2.05, 4.69) is 4.74 Å². The van der Waals surface area contributed by atoms with E-state index in [-0.39, 0.29) is 0 Å². The summed E-state index contributed by atoms with van der Waals surface area (Å²) in [7, 11) is 0. The molecule has 0 amide bonds. The molecule has 0 spiro atoms. The Bertz CT molecular complexity index is 1360. The van der Waals surface area contributed by atoms with Crippen LogP contribution in [0.4, 0.5) is 39.5 Å². The van der Waals surface area contributed by atoms with Gasteiger partial charge in [-0.25, -0.2) is 26.3 Å². The highest BCUT2D eigenvalue weighted by Crippen LogP contribution is 2.37. The van der Waals surface area contributed by atoms with Crippen LogP contribution in [0, 0.1) is 59.3 Å². The van der Waals surface area contributed by atoms with Crippen LogP contribution in [0.25, 0.3) is 0 Å². The Morgan fingerprint density at radius 3 is 1.28 bits per heavy atom. The van der Waals surface area contributed by atoms with Crippen molar-refractivity contribution < 1.29 is 58.6 Å². The number of carbonyl (C=O) groups is 2. The zero-order chi connectivity index (χ0) is 26.6. The molecule has 0 bridgehead atoms. The summed E-state index contributed by atoms with van der Waals surface area (Å²) in [6.07, 6.45) is 0. The van der Waals surface area contributed by atoms with Gasteiger partial charge in [0.2, 0.25) is 69.6 Å². The Labute approximate surface area is 194 Å². The molecule has 0 aromatic heterocycles. The standard InChI is InChI=1S/C23H7F9O4/c1-6-9(24)10(25)12(27)15(30)20(6)35-22-18(33)7-4-2-3-5-8(7)19(34)23(22)36-21-16(31)13(28)11(26)14(29)17(21)32/h2-5H,1H3. The molecule has 4 nitrogen and oxygen atoms in total. The number of hydrogen-bond acceptors (Lipinski definition) is 4. The predicted octanol–water partition coefficient (Wildman–Crippen LogP) is 6.00. The molecule has 186 valence electrons. The Morgan fingerprint density at radius 2 is 0.833 bits per heavy atom. The maximum absolute atomic E-state index is 14.4. The fourth-order valence-electron chi connectivity index (χ4n) is 3.24. The van der Waals surface area contributed by atoms with Gasteiger partial charge in [0.1, 0.15) is 0 Å². The molecular formula is C23H7F9O4. The minimum Gasteiger partial charge on any atom is -0.445 e. The van der Waals surface area contributed by atoms with Crippen LogP contribution in [0.1, 0.15) is 26.3 Å². The molecule has 1 aliphatic carbocycles. The van der Waals surface area contributed by atoms with Crippen molar-refractivity contribution in [1.29, 1.82) is 0 Å². The zero-order valence-electron chi connectivity index (χ0n) is 17.3. The van der Waals surface area contributed by atoms with E-state index in [0.29, 0.717) is 6.92 Å². The van der Waals surface area contributed by atoms with Gasteiger partial charge in [-0.2, -0.15) is 13.2 Å². The van der Waals surface area contributed by atoms with Crippen molar-refractivity contribution >= 4 is 11.6 Å². The van der Waals surface area contributed by atoms with Crippen molar-refractivity contribution in [3.63, 3.8) is 0 Å². The number of Topliss-reactive ketones (excluding diaryl/α,β-unsaturated/α-hetero) is 2. The first-order valence-electron chi connectivity index (χ1n) is 9.50. The molecule has 1 aliphatic rings. The normalized spacial score (nSPS) is 13.3. The molecule has 0 saturated heterocycles. The van der Waals surface area contributed by atoms with E-state index < -0.39 is 104 Å². The van der Waals surface area contributed by atoms with Crippen molar-refractivity contribution in [3.05, 3.63) is 105 Å². The molecule has 3 aromatic carbocycles. The summed E-state index contributed by atoms with van der Waals surface area (Å²) in [5.74, 6) is -30.5. The first-order chi connectivity index (χ1) is 16.9. The van der Waals surface area contributed by atoms with Crippen molar-refractivity contribution in [2.45, 2.75) is 6.92 Å². The fraction of sp³-hybridized carbons (Fsp3) is 0.0435. The van der Waals surface area contributed by atoms with Gasteiger partial charge in [0, 0.05) is 16.7 Å². The Balaban J connectivity index is 1.98. The van der Waals surface area contributed by atoms with E-state index in [9.17, 15) is 49.1 Å². The summed E-state index contributed by atoms with van der Waals surface area (Å²) in [4.78, 5) is 26.0. The molecule has 0 aliphatic heterocycles. The molecule has 13 heteroatoms. The topological polar surface area (TPSA) is 52.6 Å². The fourth-order valence-corrected chi connectivity index (χ4v) is 3.24. The first-order valence-corrected chi connectivity index (χ1v) is 9.50. The number of allylic oxidation sites excluding steroid dienone is 2. The van der Waals surface area contributed by atoms with Gasteiger partial charge in [-0.3, -0.25) is 9.59 Å². The third-order valence-electron chi connectivity index (χ3n) is 5.06. The number of hydrogen-bond donors (Lipinski definition) is 0. The van der Waals surface area contributed by atoms with E-state index >= 15 is 0 Å². The lowest BCUT2D eigenvalue weighted by Crippen LogP contribution is -2.28. The summed E-state index contributed by atoms with van der Waals surface area (Å²) >= 11 is 0. The van der Waals surface area contributed by atoms with Crippen molar-refractivity contribution in [2.75, 3.05) is 0 Å². The smallest absolute Gasteiger partial charge is 0.233 e. The van der Waals surface area contributed by atoms with E-state index in [4.69, 9.17) is 4.74 Å². The average Bonchev–Trinajstić information content (AvgIpc) is 2.88. The van der Waals surface area contributed by atoms with Crippen molar-refractivity contribution in [3.8, 4) is 11.5 Å². The molecule has 0 radical (unpaired) electrons. The molecule has 0 fully saturated rings. The maximum atomic E-state index is 14.4. The van der Waals surface area contributed by atoms with Crippen LogP contribution in [0.2, 0.25) is 0 Å². The predicted molar refractivity (Wildman–Crippen MR) is 101 cm³/mol. The molecular weight excluding hydrogens is 511 g/mol. The number of ketones is 2. The van der Waals surface area contributed by atoms with Crippen LogP contribution >= 0.6 is 0 Å². The molecule has 3 aromatic rings. The molecule has 0 atom stereocenters. The Morgan fingerprint density at radius 1 is 0.500 bits per heavy atom. The molecule has 0 saturated carbocycles. The van der Waals surface area contributed by atoms with E-state index in [1.165, 1.54) is 12.1 Å². The number of fused-ring (bicyclic) bond motifs is 1. The van der Waals surface area contributed by atoms with Gasteiger partial charge >= 0.3 is 0 Å². The van der Waals surface area contributed by atoms with Crippen LogP contribution in [0.5, 0.6) is 11.5 Å². The molecule has 4 rings (SSSR count). The molecule has 0 unspecified atom stereocenters. The van der Waals surface area contributed by atoms with Gasteiger partial charge in [0.25, 0.3) is 0 Å². The number of ether oxygens (including phenoxy) is 2. The van der Waals surface area contributed by atoms with Crippen LogP contribution in [0.15, 0.2) is 35.8 Å². The number of halogens is 9. The Hall–Kier alpha value is -4.29. The highest BCUT2D eigenvalue weighted by molar-refractivity contribution is 6.25. The van der Waals surface area contributed by atoms with Gasteiger partial charge < -0.3 is 9.47 Å². The van der Waals surface area contributed by atoms with E-state index in [1.54, 1.807) is 0 Å². The summed E-state index contributed by atoms with van der Waals surface area (Å²) in [6.45, 7) is 0.699. The van der Waals surface area contributed by atoms with Crippen molar-refractivity contribution in [1.82, 2.24) is 0 Å². The number of rotatable bonds is 4. The minimum absolute atomic E-state index is 0.455. The second-order valence-corrected chi connectivity index (χ2v) is 7.18. The van der Waals surface area contributed by atoms with E-state index in [1.807, 2.05) is 0 Å². The average molecular weight is 518 g/mol. The second-order valence-electron chi connectivity index (χ2n) is 7.18. The van der Waals surface area contributed by atoms with Gasteiger partial charge in [0.05, 0.1) is 0 Å². The SMILES string of the molecule is Cc1c(F)c(F)c(F)c(F)c1OC1=C(Oc2c(F)c(F)c(F)c(F)c2F)C(=O)c2ccccc2C1=O. The lowest BCUT2D eigenvalue weighted by Gasteiger charge is -2.22. The largest absolute Gasteiger partial charge is 0.445 e. The number of carbonyl (C=O) groups excluding carboxylic acids is 2. The summed E-state index contributed by atoms with van der Waals surface area (Å²) in [5.41, 5.74) is -1.97. The monoisotopic (exact) mass is 518 g/mol. The van der Waals surface area contributed by atoms with Gasteiger partial charge in [-0.1, -0.05) is 24.3 Å². The molecule has 36 heavy (non-hydrogen) atoms. The zero-order valence-corrected chi connectivity index (χ0v) is 17.3. The summed E-state index contributed by atoms with van der Waals surface area (Å²) in [5, 5.41) is 0. The van der Waals surface area contributed by atoms with Crippen LogP contribution < -0.4 is 9.47 Å². The van der Waals surface area contributed by atoms with Crippen LogP contribution in [0.3, 0.4) is 0 Å². The third kappa shape index (κ3) is 3.58. The second kappa shape index (κ2) is 8.73. The lowest BCUT2D eigenvalue weighted by atomic mass is 9.92. The van der Waals surface area contributed by atoms with Crippen LogP contribution in [-0.2, 0) is 0 Å². The third-order valence-corrected chi connectivity index (χ3v) is 5.06. The highest BCUT2D eigenvalue weighted by Gasteiger charge is 2.39. The molecule has 0 heterocycles. The van der Waals surface area contributed by atoms with Crippen LogP contribution in [-0.4, -0.2) is 11.6 Å². The maximum Gasteiger partial charge on any atom is 0.233 e. The minimum atomic E-state index is -2.56. The summed E-state index contributed by atoms with van der Waals surface area (Å²) in [6, 6.07) is 4.56. The van der Waals surface area contributed by atoms with E-state index in [0.717, 1.165) is 12.1 Å². The number of benzene rings is 3. The van der Waals surface area contributed by atoms with Gasteiger partial charge in [-0.15, -0.1) is 0 Å².